The van der Waals surface area contributed by atoms with Crippen LogP contribution in [0.3, 0.4) is 0 Å². The van der Waals surface area contributed by atoms with Crippen LogP contribution in [0, 0.1) is 6.92 Å². The third-order valence-corrected chi connectivity index (χ3v) is 4.39. The van der Waals surface area contributed by atoms with Crippen LogP contribution < -0.4 is 5.63 Å². The molecule has 1 aliphatic carbocycles. The molecule has 25 heavy (non-hydrogen) atoms. The lowest BCUT2D eigenvalue weighted by molar-refractivity contribution is 0.0466. The molecular formula is C19H16N2O4. The van der Waals surface area contributed by atoms with Crippen molar-refractivity contribution in [2.24, 2.45) is 0 Å². The molecule has 0 bridgehead atoms. The molecule has 3 aromatic rings. The highest BCUT2D eigenvalue weighted by atomic mass is 16.5. The Morgan fingerprint density at radius 1 is 1.16 bits per heavy atom. The zero-order valence-electron chi connectivity index (χ0n) is 13.7. The molecule has 0 spiro atoms. The summed E-state index contributed by atoms with van der Waals surface area (Å²) >= 11 is 0. The predicted molar refractivity (Wildman–Crippen MR) is 90.4 cm³/mol. The van der Waals surface area contributed by atoms with Crippen LogP contribution in [0.4, 0.5) is 0 Å². The van der Waals surface area contributed by atoms with Crippen LogP contribution in [0.2, 0.25) is 0 Å². The van der Waals surface area contributed by atoms with E-state index in [1.54, 1.807) is 6.92 Å². The molecule has 4 rings (SSSR count). The van der Waals surface area contributed by atoms with Crippen LogP contribution in [-0.2, 0) is 24.2 Å². The molecule has 126 valence electrons. The minimum Gasteiger partial charge on any atom is -0.456 e. The number of hydrogen-bond donors (Lipinski definition) is 0. The van der Waals surface area contributed by atoms with Gasteiger partial charge in [-0.3, -0.25) is 4.98 Å². The van der Waals surface area contributed by atoms with E-state index in [2.05, 4.69) is 9.97 Å². The summed E-state index contributed by atoms with van der Waals surface area (Å²) in [5.74, 6) is -0.574. The first kappa shape index (κ1) is 15.5. The summed E-state index contributed by atoms with van der Waals surface area (Å²) < 4.78 is 10.6. The lowest BCUT2D eigenvalue weighted by Crippen LogP contribution is -2.10. The van der Waals surface area contributed by atoms with Gasteiger partial charge in [-0.2, -0.15) is 0 Å². The second-order valence-electron chi connectivity index (χ2n) is 6.18. The number of esters is 1. The number of fused-ring (bicyclic) bond motifs is 2. The minimum absolute atomic E-state index is 0.0186. The van der Waals surface area contributed by atoms with Gasteiger partial charge in [0.15, 0.2) is 5.69 Å². The smallest absolute Gasteiger partial charge is 0.358 e. The molecule has 1 aliphatic rings. The third-order valence-electron chi connectivity index (χ3n) is 4.39. The fourth-order valence-electron chi connectivity index (χ4n) is 3.13. The SMILES string of the molecule is Cc1cnc(C(=O)OCc2cc(=O)oc3cc4c(cc23)CCC4)cn1. The van der Waals surface area contributed by atoms with Crippen molar-refractivity contribution in [3.63, 3.8) is 0 Å². The number of rotatable bonds is 3. The summed E-state index contributed by atoms with van der Waals surface area (Å²) in [4.78, 5) is 32.0. The van der Waals surface area contributed by atoms with Gasteiger partial charge in [-0.25, -0.2) is 14.6 Å². The molecule has 2 heterocycles. The zero-order valence-corrected chi connectivity index (χ0v) is 13.7. The quantitative estimate of drug-likeness (QED) is 0.540. The Morgan fingerprint density at radius 3 is 2.72 bits per heavy atom. The highest BCUT2D eigenvalue weighted by Crippen LogP contribution is 2.28. The van der Waals surface area contributed by atoms with Crippen molar-refractivity contribution in [2.45, 2.75) is 32.8 Å². The van der Waals surface area contributed by atoms with E-state index in [1.165, 1.54) is 29.6 Å². The topological polar surface area (TPSA) is 82.3 Å². The number of ether oxygens (including phenoxy) is 1. The summed E-state index contributed by atoms with van der Waals surface area (Å²) in [5, 5.41) is 0.808. The largest absolute Gasteiger partial charge is 0.456 e. The fourth-order valence-corrected chi connectivity index (χ4v) is 3.13. The van der Waals surface area contributed by atoms with Gasteiger partial charge in [0, 0.05) is 23.2 Å². The fraction of sp³-hybridized carbons (Fsp3) is 0.263. The lowest BCUT2D eigenvalue weighted by atomic mass is 10.0. The number of carbonyl (C=O) groups excluding carboxylic acids is 1. The Kier molecular flexibility index (Phi) is 3.80. The van der Waals surface area contributed by atoms with Gasteiger partial charge < -0.3 is 9.15 Å². The predicted octanol–water partition coefficient (Wildman–Crippen LogP) is 2.74. The summed E-state index contributed by atoms with van der Waals surface area (Å²) in [6, 6.07) is 5.34. The van der Waals surface area contributed by atoms with E-state index in [1.807, 2.05) is 12.1 Å². The van der Waals surface area contributed by atoms with Crippen molar-refractivity contribution in [1.29, 1.82) is 0 Å². The van der Waals surface area contributed by atoms with Crippen LogP contribution in [0.5, 0.6) is 0 Å². The van der Waals surface area contributed by atoms with Crippen LogP contribution in [0.15, 0.2) is 39.8 Å². The first-order valence-corrected chi connectivity index (χ1v) is 8.14. The zero-order chi connectivity index (χ0) is 17.4. The normalized spacial score (nSPS) is 13.0. The number of benzene rings is 1. The Morgan fingerprint density at radius 2 is 1.96 bits per heavy atom. The Labute approximate surface area is 143 Å². The molecule has 6 nitrogen and oxygen atoms in total. The number of aromatic nitrogens is 2. The molecule has 0 unspecified atom stereocenters. The van der Waals surface area contributed by atoms with Crippen LogP contribution in [-0.4, -0.2) is 15.9 Å². The van der Waals surface area contributed by atoms with Crippen molar-refractivity contribution < 1.29 is 13.9 Å². The monoisotopic (exact) mass is 336 g/mol. The highest BCUT2D eigenvalue weighted by Gasteiger charge is 2.16. The minimum atomic E-state index is -0.574. The molecular weight excluding hydrogens is 320 g/mol. The summed E-state index contributed by atoms with van der Waals surface area (Å²) in [6.45, 7) is 1.77. The molecule has 0 radical (unpaired) electrons. The number of carbonyl (C=O) groups is 1. The lowest BCUT2D eigenvalue weighted by Gasteiger charge is -2.09. The summed E-state index contributed by atoms with van der Waals surface area (Å²) in [7, 11) is 0. The van der Waals surface area contributed by atoms with E-state index in [0.717, 1.165) is 30.3 Å². The van der Waals surface area contributed by atoms with Gasteiger partial charge in [0.1, 0.15) is 12.2 Å². The second-order valence-corrected chi connectivity index (χ2v) is 6.18. The standard InChI is InChI=1S/C19H16N2O4/c1-11-8-21-16(9-20-11)19(23)24-10-14-7-18(22)25-17-6-13-4-2-3-12(13)5-15(14)17/h5-9H,2-4,10H2,1H3. The second kappa shape index (κ2) is 6.12. The van der Waals surface area contributed by atoms with Gasteiger partial charge in [-0.15, -0.1) is 0 Å². The molecule has 6 heteroatoms. The Hall–Kier alpha value is -3.02. The molecule has 0 saturated carbocycles. The number of nitrogens with zero attached hydrogens (tertiary/aromatic N) is 2. The number of aryl methyl sites for hydroxylation is 3. The maximum Gasteiger partial charge on any atom is 0.358 e. The van der Waals surface area contributed by atoms with Crippen molar-refractivity contribution >= 4 is 16.9 Å². The van der Waals surface area contributed by atoms with Crippen LogP contribution >= 0.6 is 0 Å². The van der Waals surface area contributed by atoms with Gasteiger partial charge in [0.05, 0.1) is 11.9 Å². The molecule has 0 saturated heterocycles. The van der Waals surface area contributed by atoms with Crippen molar-refractivity contribution in [3.8, 4) is 0 Å². The third kappa shape index (κ3) is 3.03. The first-order chi connectivity index (χ1) is 12.1. The molecule has 0 amide bonds. The van der Waals surface area contributed by atoms with Gasteiger partial charge in [-0.1, -0.05) is 0 Å². The maximum atomic E-state index is 12.1. The average Bonchev–Trinajstić information content (AvgIpc) is 3.05. The highest BCUT2D eigenvalue weighted by molar-refractivity contribution is 5.87. The van der Waals surface area contributed by atoms with Crippen molar-refractivity contribution in [3.05, 3.63) is 69.1 Å². The Bertz CT molecular complexity index is 1020. The van der Waals surface area contributed by atoms with E-state index >= 15 is 0 Å². The molecule has 0 aliphatic heterocycles. The maximum absolute atomic E-state index is 12.1. The van der Waals surface area contributed by atoms with E-state index < -0.39 is 11.6 Å². The first-order valence-electron chi connectivity index (χ1n) is 8.14. The molecule has 0 atom stereocenters. The summed E-state index contributed by atoms with van der Waals surface area (Å²) in [6.07, 6.45) is 6.00. The molecule has 0 fully saturated rings. The van der Waals surface area contributed by atoms with E-state index in [9.17, 15) is 9.59 Å². The van der Waals surface area contributed by atoms with Crippen LogP contribution in [0.25, 0.3) is 11.0 Å². The summed E-state index contributed by atoms with van der Waals surface area (Å²) in [5.41, 5.74) is 4.06. The van der Waals surface area contributed by atoms with Gasteiger partial charge in [-0.05, 0) is 49.4 Å². The van der Waals surface area contributed by atoms with E-state index in [0.29, 0.717) is 11.1 Å². The number of hydrogen-bond acceptors (Lipinski definition) is 6. The average molecular weight is 336 g/mol. The van der Waals surface area contributed by atoms with E-state index in [4.69, 9.17) is 9.15 Å². The Balaban J connectivity index is 1.63. The van der Waals surface area contributed by atoms with Gasteiger partial charge >= 0.3 is 11.6 Å². The van der Waals surface area contributed by atoms with Gasteiger partial charge in [0.2, 0.25) is 0 Å². The molecule has 2 aromatic heterocycles. The van der Waals surface area contributed by atoms with Crippen molar-refractivity contribution in [2.75, 3.05) is 0 Å². The van der Waals surface area contributed by atoms with Gasteiger partial charge in [0.25, 0.3) is 0 Å². The molecule has 1 aromatic carbocycles. The molecule has 0 N–H and O–H groups in total. The van der Waals surface area contributed by atoms with Crippen molar-refractivity contribution in [1.82, 2.24) is 9.97 Å². The van der Waals surface area contributed by atoms with E-state index in [-0.39, 0.29) is 12.3 Å². The van der Waals surface area contributed by atoms with Crippen LogP contribution in [0.1, 0.15) is 39.3 Å².